The van der Waals surface area contributed by atoms with Gasteiger partial charge in [0, 0.05) is 19.3 Å². The molecule has 1 rings (SSSR count). The molecule has 0 heterocycles. The van der Waals surface area contributed by atoms with Gasteiger partial charge < -0.3 is 15.6 Å². The zero-order valence-electron chi connectivity index (χ0n) is 9.34. The molecule has 0 spiro atoms. The van der Waals surface area contributed by atoms with E-state index in [-0.39, 0.29) is 17.1 Å². The lowest BCUT2D eigenvalue weighted by Gasteiger charge is -1.95. The molecule has 6 heteroatoms. The predicted molar refractivity (Wildman–Crippen MR) is 61.3 cm³/mol. The first kappa shape index (κ1) is 14.2. The molecule has 0 bridgehead atoms. The van der Waals surface area contributed by atoms with Gasteiger partial charge >= 0.3 is 0 Å². The van der Waals surface area contributed by atoms with Gasteiger partial charge in [-0.1, -0.05) is 0 Å². The number of nitrogen functional groups attached to an aromatic ring is 1. The smallest absolute Gasteiger partial charge is 0.273 e. The molecule has 3 N–H and O–H groups in total. The number of rotatable bonds is 3. The molecule has 0 saturated heterocycles. The van der Waals surface area contributed by atoms with Gasteiger partial charge in [0.1, 0.15) is 5.75 Å². The summed E-state index contributed by atoms with van der Waals surface area (Å²) in [6.45, 7) is 5.67. The second-order valence-electron chi connectivity index (χ2n) is 2.78. The number of benzene rings is 1. The van der Waals surface area contributed by atoms with E-state index < -0.39 is 4.92 Å². The highest BCUT2D eigenvalue weighted by molar-refractivity contribution is 5.56. The summed E-state index contributed by atoms with van der Waals surface area (Å²) >= 11 is 0. The Labute approximate surface area is 93.8 Å². The number of hydrogen-bond acceptors (Lipinski definition) is 5. The van der Waals surface area contributed by atoms with Crippen LogP contribution in [0.15, 0.2) is 18.2 Å². The molecule has 0 fully saturated rings. The third kappa shape index (κ3) is 5.16. The molecule has 16 heavy (non-hydrogen) atoms. The van der Waals surface area contributed by atoms with Crippen molar-refractivity contribution in [2.75, 3.05) is 18.9 Å². The number of nitrogens with two attached hydrogens (primary N) is 1. The molecule has 0 atom stereocenters. The summed E-state index contributed by atoms with van der Waals surface area (Å²) in [5.41, 5.74) is 5.18. The number of nitro groups is 1. The van der Waals surface area contributed by atoms with Crippen LogP contribution in [0.1, 0.15) is 13.8 Å². The van der Waals surface area contributed by atoms with Gasteiger partial charge in [0.15, 0.2) is 0 Å². The van der Waals surface area contributed by atoms with Gasteiger partial charge in [-0.15, -0.1) is 0 Å². The Morgan fingerprint density at radius 3 is 2.31 bits per heavy atom. The normalized spacial score (nSPS) is 9.12. The minimum Gasteiger partial charge on any atom is -0.506 e. The molecule has 0 radical (unpaired) electrons. The van der Waals surface area contributed by atoms with Crippen molar-refractivity contribution in [3.05, 3.63) is 28.3 Å². The Hall–Kier alpha value is -1.82. The van der Waals surface area contributed by atoms with E-state index in [1.165, 1.54) is 12.1 Å². The maximum absolute atomic E-state index is 10.1. The summed E-state index contributed by atoms with van der Waals surface area (Å²) < 4.78 is 4.83. The molecule has 6 nitrogen and oxygen atoms in total. The van der Waals surface area contributed by atoms with E-state index >= 15 is 0 Å². The third-order valence-corrected chi connectivity index (χ3v) is 1.63. The zero-order valence-corrected chi connectivity index (χ0v) is 9.34. The highest BCUT2D eigenvalue weighted by Gasteiger charge is 2.06. The standard InChI is InChI=1S/C6H6N2O3.C4H10O/c7-5-2-1-4(8(10)11)3-6(5)9;1-3-5-4-2/h1-3,9H,7H2;3-4H2,1-2H3. The summed E-state index contributed by atoms with van der Waals surface area (Å²) in [4.78, 5) is 9.52. The number of ether oxygens (including phenoxy) is 1. The minimum absolute atomic E-state index is 0.135. The maximum atomic E-state index is 10.1. The van der Waals surface area contributed by atoms with E-state index in [0.717, 1.165) is 19.3 Å². The fraction of sp³-hybridized carbons (Fsp3) is 0.400. The molecular formula is C10H16N2O4. The summed E-state index contributed by atoms with van der Waals surface area (Å²) in [7, 11) is 0. The van der Waals surface area contributed by atoms with E-state index in [1.807, 2.05) is 13.8 Å². The molecule has 0 aliphatic carbocycles. The van der Waals surface area contributed by atoms with Crippen molar-refractivity contribution < 1.29 is 14.8 Å². The monoisotopic (exact) mass is 228 g/mol. The Balaban J connectivity index is 0.000000385. The first-order valence-electron chi connectivity index (χ1n) is 4.83. The molecule has 90 valence electrons. The quantitative estimate of drug-likeness (QED) is 0.356. The van der Waals surface area contributed by atoms with Crippen LogP contribution in [0.4, 0.5) is 11.4 Å². The summed E-state index contributed by atoms with van der Waals surface area (Å²) in [6.07, 6.45) is 0. The topological polar surface area (TPSA) is 98.6 Å². The largest absolute Gasteiger partial charge is 0.506 e. The van der Waals surface area contributed by atoms with Gasteiger partial charge in [0.25, 0.3) is 5.69 Å². The Kier molecular flexibility index (Phi) is 6.62. The van der Waals surface area contributed by atoms with Crippen LogP contribution in [0.25, 0.3) is 0 Å². The average molecular weight is 228 g/mol. The lowest BCUT2D eigenvalue weighted by atomic mass is 10.3. The lowest BCUT2D eigenvalue weighted by molar-refractivity contribution is -0.384. The van der Waals surface area contributed by atoms with E-state index in [4.69, 9.17) is 15.6 Å². The second kappa shape index (κ2) is 7.47. The molecular weight excluding hydrogens is 212 g/mol. The van der Waals surface area contributed by atoms with Crippen LogP contribution in [-0.4, -0.2) is 23.2 Å². The van der Waals surface area contributed by atoms with Crippen molar-refractivity contribution in [3.63, 3.8) is 0 Å². The van der Waals surface area contributed by atoms with Gasteiger partial charge in [0.05, 0.1) is 16.7 Å². The van der Waals surface area contributed by atoms with Gasteiger partial charge in [-0.2, -0.15) is 0 Å². The van der Waals surface area contributed by atoms with Crippen molar-refractivity contribution >= 4 is 11.4 Å². The first-order valence-corrected chi connectivity index (χ1v) is 4.83. The molecule has 0 aliphatic heterocycles. The van der Waals surface area contributed by atoms with Crippen molar-refractivity contribution in [2.24, 2.45) is 0 Å². The van der Waals surface area contributed by atoms with Crippen molar-refractivity contribution in [3.8, 4) is 5.75 Å². The summed E-state index contributed by atoms with van der Waals surface area (Å²) in [6, 6.07) is 3.53. The third-order valence-electron chi connectivity index (χ3n) is 1.63. The maximum Gasteiger partial charge on any atom is 0.273 e. The lowest BCUT2D eigenvalue weighted by Crippen LogP contribution is -1.89. The fourth-order valence-electron chi connectivity index (χ4n) is 0.850. The number of nitrogens with zero attached hydrogens (tertiary/aromatic N) is 1. The fourth-order valence-corrected chi connectivity index (χ4v) is 0.850. The van der Waals surface area contributed by atoms with Crippen LogP contribution in [-0.2, 0) is 4.74 Å². The van der Waals surface area contributed by atoms with Gasteiger partial charge in [0.2, 0.25) is 0 Å². The van der Waals surface area contributed by atoms with Crippen LogP contribution < -0.4 is 5.73 Å². The SMILES string of the molecule is CCOCC.Nc1ccc([N+](=O)[O-])cc1O. The Morgan fingerprint density at radius 1 is 1.44 bits per heavy atom. The number of phenols is 1. The molecule has 1 aromatic rings. The molecule has 1 aromatic carbocycles. The number of phenolic OH excluding ortho intramolecular Hbond substituents is 1. The van der Waals surface area contributed by atoms with E-state index in [1.54, 1.807) is 0 Å². The Morgan fingerprint density at radius 2 is 2.00 bits per heavy atom. The second-order valence-corrected chi connectivity index (χ2v) is 2.78. The number of hydrogen-bond donors (Lipinski definition) is 2. The molecule has 0 amide bonds. The zero-order chi connectivity index (χ0) is 12.6. The number of nitro benzene ring substituents is 1. The minimum atomic E-state index is -0.598. The van der Waals surface area contributed by atoms with Crippen LogP contribution in [0.3, 0.4) is 0 Å². The molecule has 0 aromatic heterocycles. The highest BCUT2D eigenvalue weighted by Crippen LogP contribution is 2.24. The number of anilines is 1. The van der Waals surface area contributed by atoms with Crippen molar-refractivity contribution in [1.29, 1.82) is 0 Å². The van der Waals surface area contributed by atoms with Crippen LogP contribution in [0.5, 0.6) is 5.75 Å². The molecule has 0 saturated carbocycles. The summed E-state index contributed by atoms with van der Waals surface area (Å²) in [5.74, 6) is -0.265. The average Bonchev–Trinajstić information content (AvgIpc) is 2.24. The van der Waals surface area contributed by atoms with E-state index in [9.17, 15) is 10.1 Å². The molecule has 0 aliphatic rings. The van der Waals surface area contributed by atoms with E-state index in [0.29, 0.717) is 0 Å². The van der Waals surface area contributed by atoms with Crippen molar-refractivity contribution in [1.82, 2.24) is 0 Å². The van der Waals surface area contributed by atoms with Crippen molar-refractivity contribution in [2.45, 2.75) is 13.8 Å². The predicted octanol–water partition coefficient (Wildman–Crippen LogP) is 1.93. The van der Waals surface area contributed by atoms with Crippen LogP contribution >= 0.6 is 0 Å². The van der Waals surface area contributed by atoms with Crippen LogP contribution in [0, 0.1) is 10.1 Å². The van der Waals surface area contributed by atoms with Gasteiger partial charge in [-0.25, -0.2) is 0 Å². The van der Waals surface area contributed by atoms with Crippen LogP contribution in [0.2, 0.25) is 0 Å². The number of non-ortho nitro benzene ring substituents is 1. The first-order chi connectivity index (χ1) is 7.52. The highest BCUT2D eigenvalue weighted by atomic mass is 16.6. The Bertz CT molecular complexity index is 340. The van der Waals surface area contributed by atoms with Gasteiger partial charge in [-0.05, 0) is 19.9 Å². The van der Waals surface area contributed by atoms with E-state index in [2.05, 4.69) is 0 Å². The van der Waals surface area contributed by atoms with Gasteiger partial charge in [-0.3, -0.25) is 10.1 Å². The molecule has 0 unspecified atom stereocenters. The summed E-state index contributed by atoms with van der Waals surface area (Å²) in [5, 5.41) is 19.0. The number of aromatic hydroxyl groups is 1.